The van der Waals surface area contributed by atoms with Crippen LogP contribution in [0.15, 0.2) is 22.8 Å². The van der Waals surface area contributed by atoms with E-state index in [2.05, 4.69) is 25.8 Å². The minimum atomic E-state index is -0.0349. The maximum Gasteiger partial charge on any atom is 0.227 e. The van der Waals surface area contributed by atoms with Crippen LogP contribution in [-0.4, -0.2) is 48.5 Å². The van der Waals surface area contributed by atoms with Gasteiger partial charge in [0.05, 0.1) is 5.92 Å². The molecule has 0 bridgehead atoms. The molecule has 20 heavy (non-hydrogen) atoms. The minimum absolute atomic E-state index is 0.0349. The summed E-state index contributed by atoms with van der Waals surface area (Å²) in [5, 5.41) is 0. The lowest BCUT2D eigenvalue weighted by Gasteiger charge is -2.36. The molecule has 1 aromatic rings. The molecular weight excluding hydrogens is 320 g/mol. The number of anilines is 1. The van der Waals surface area contributed by atoms with E-state index < -0.39 is 0 Å². The van der Waals surface area contributed by atoms with E-state index in [0.29, 0.717) is 6.54 Å². The maximum atomic E-state index is 12.3. The fourth-order valence-electron chi connectivity index (χ4n) is 2.41. The Bertz CT molecular complexity index is 439. The van der Waals surface area contributed by atoms with Crippen LogP contribution in [0.4, 0.5) is 5.82 Å². The molecule has 0 spiro atoms. The number of carbonyl (C=O) groups is 1. The number of piperazine rings is 1. The summed E-state index contributed by atoms with van der Waals surface area (Å²) < 4.78 is 0.976. The number of hydrogen-bond donors (Lipinski definition) is 1. The number of aromatic nitrogens is 1. The van der Waals surface area contributed by atoms with E-state index in [1.54, 1.807) is 6.20 Å². The van der Waals surface area contributed by atoms with Gasteiger partial charge in [0.1, 0.15) is 5.82 Å². The highest BCUT2D eigenvalue weighted by Crippen LogP contribution is 2.17. The highest BCUT2D eigenvalue weighted by molar-refractivity contribution is 9.10. The molecule has 1 aromatic heterocycles. The Hall–Kier alpha value is -1.14. The van der Waals surface area contributed by atoms with Crippen molar-refractivity contribution in [2.24, 2.45) is 11.7 Å². The van der Waals surface area contributed by atoms with Gasteiger partial charge in [0.2, 0.25) is 5.91 Å². The molecule has 0 radical (unpaired) electrons. The molecule has 1 fully saturated rings. The van der Waals surface area contributed by atoms with Crippen molar-refractivity contribution in [1.29, 1.82) is 0 Å². The van der Waals surface area contributed by atoms with Crippen molar-refractivity contribution in [3.05, 3.63) is 22.8 Å². The zero-order chi connectivity index (χ0) is 14.5. The van der Waals surface area contributed by atoms with Crippen molar-refractivity contribution in [2.45, 2.75) is 13.3 Å². The van der Waals surface area contributed by atoms with Crippen molar-refractivity contribution < 1.29 is 4.79 Å². The second kappa shape index (κ2) is 7.04. The number of amides is 1. The van der Waals surface area contributed by atoms with E-state index in [0.717, 1.165) is 42.9 Å². The van der Waals surface area contributed by atoms with Crippen LogP contribution < -0.4 is 10.6 Å². The average molecular weight is 341 g/mol. The third-order valence-electron chi connectivity index (χ3n) is 3.75. The monoisotopic (exact) mass is 340 g/mol. The lowest BCUT2D eigenvalue weighted by atomic mass is 10.0. The van der Waals surface area contributed by atoms with Crippen molar-refractivity contribution in [1.82, 2.24) is 9.88 Å². The van der Waals surface area contributed by atoms with Gasteiger partial charge in [0, 0.05) is 43.4 Å². The molecule has 1 aliphatic heterocycles. The number of pyridine rings is 1. The van der Waals surface area contributed by atoms with Crippen LogP contribution in [0.5, 0.6) is 0 Å². The Morgan fingerprint density at radius 1 is 1.40 bits per heavy atom. The molecule has 1 saturated heterocycles. The molecule has 2 rings (SSSR count). The van der Waals surface area contributed by atoms with Gasteiger partial charge in [-0.15, -0.1) is 0 Å². The predicted octanol–water partition coefficient (Wildman–Crippen LogP) is 1.48. The third-order valence-corrected chi connectivity index (χ3v) is 4.22. The fraction of sp³-hybridized carbons (Fsp3) is 0.571. The van der Waals surface area contributed by atoms with Crippen LogP contribution in [0, 0.1) is 5.92 Å². The van der Waals surface area contributed by atoms with Crippen molar-refractivity contribution >= 4 is 27.7 Å². The SMILES string of the molecule is CCC(CN)C(=O)N1CCN(c2ccc(Br)cn2)CC1. The van der Waals surface area contributed by atoms with Gasteiger partial charge in [0.15, 0.2) is 0 Å². The fourth-order valence-corrected chi connectivity index (χ4v) is 2.65. The summed E-state index contributed by atoms with van der Waals surface area (Å²) in [5.74, 6) is 1.12. The van der Waals surface area contributed by atoms with Gasteiger partial charge in [-0.1, -0.05) is 6.92 Å². The quantitative estimate of drug-likeness (QED) is 0.901. The Morgan fingerprint density at radius 2 is 2.10 bits per heavy atom. The summed E-state index contributed by atoms with van der Waals surface area (Å²) in [6.07, 6.45) is 2.61. The molecule has 0 aliphatic carbocycles. The second-order valence-electron chi connectivity index (χ2n) is 4.99. The van der Waals surface area contributed by atoms with Gasteiger partial charge in [0.25, 0.3) is 0 Å². The second-order valence-corrected chi connectivity index (χ2v) is 5.90. The van der Waals surface area contributed by atoms with Crippen LogP contribution in [0.2, 0.25) is 0 Å². The molecule has 0 aromatic carbocycles. The molecule has 6 heteroatoms. The Balaban J connectivity index is 1.92. The van der Waals surface area contributed by atoms with E-state index in [-0.39, 0.29) is 11.8 Å². The van der Waals surface area contributed by atoms with Gasteiger partial charge < -0.3 is 15.5 Å². The van der Waals surface area contributed by atoms with E-state index >= 15 is 0 Å². The summed E-state index contributed by atoms with van der Waals surface area (Å²) in [4.78, 5) is 20.8. The molecule has 1 unspecified atom stereocenters. The number of hydrogen-bond acceptors (Lipinski definition) is 4. The predicted molar refractivity (Wildman–Crippen MR) is 83.6 cm³/mol. The Kier molecular flexibility index (Phi) is 5.37. The van der Waals surface area contributed by atoms with Gasteiger partial charge in [-0.3, -0.25) is 4.79 Å². The molecule has 0 saturated carbocycles. The van der Waals surface area contributed by atoms with Crippen molar-refractivity contribution in [3.8, 4) is 0 Å². The first-order valence-electron chi connectivity index (χ1n) is 7.01. The molecule has 1 aliphatic rings. The molecule has 2 N–H and O–H groups in total. The van der Waals surface area contributed by atoms with Crippen LogP contribution in [0.25, 0.3) is 0 Å². The number of rotatable bonds is 4. The highest BCUT2D eigenvalue weighted by atomic mass is 79.9. The highest BCUT2D eigenvalue weighted by Gasteiger charge is 2.25. The van der Waals surface area contributed by atoms with Crippen LogP contribution in [0.3, 0.4) is 0 Å². The summed E-state index contributed by atoms with van der Waals surface area (Å²) in [6.45, 7) is 5.57. The van der Waals surface area contributed by atoms with E-state index in [9.17, 15) is 4.79 Å². The Morgan fingerprint density at radius 3 is 2.60 bits per heavy atom. The lowest BCUT2D eigenvalue weighted by Crippen LogP contribution is -2.51. The van der Waals surface area contributed by atoms with Gasteiger partial charge >= 0.3 is 0 Å². The molecular formula is C14H21BrN4O. The normalized spacial score (nSPS) is 17.1. The van der Waals surface area contributed by atoms with Crippen molar-refractivity contribution in [2.75, 3.05) is 37.6 Å². The summed E-state index contributed by atoms with van der Waals surface area (Å²) in [6, 6.07) is 3.98. The number of nitrogens with two attached hydrogens (primary N) is 1. The minimum Gasteiger partial charge on any atom is -0.353 e. The number of halogens is 1. The van der Waals surface area contributed by atoms with Crippen LogP contribution >= 0.6 is 15.9 Å². The van der Waals surface area contributed by atoms with E-state index in [1.165, 1.54) is 0 Å². The number of nitrogens with zero attached hydrogens (tertiary/aromatic N) is 3. The topological polar surface area (TPSA) is 62.5 Å². The van der Waals surface area contributed by atoms with Gasteiger partial charge in [-0.2, -0.15) is 0 Å². The summed E-state index contributed by atoms with van der Waals surface area (Å²) >= 11 is 3.38. The zero-order valence-corrected chi connectivity index (χ0v) is 13.3. The van der Waals surface area contributed by atoms with Crippen LogP contribution in [-0.2, 0) is 4.79 Å². The van der Waals surface area contributed by atoms with Crippen molar-refractivity contribution in [3.63, 3.8) is 0 Å². The summed E-state index contributed by atoms with van der Waals surface area (Å²) in [5.41, 5.74) is 5.65. The first-order chi connectivity index (χ1) is 9.65. The zero-order valence-electron chi connectivity index (χ0n) is 11.8. The van der Waals surface area contributed by atoms with E-state index in [1.807, 2.05) is 24.0 Å². The molecule has 5 nitrogen and oxygen atoms in total. The molecule has 110 valence electrons. The van der Waals surface area contributed by atoms with E-state index in [4.69, 9.17) is 5.73 Å². The average Bonchev–Trinajstić information content (AvgIpc) is 2.49. The van der Waals surface area contributed by atoms with Crippen LogP contribution in [0.1, 0.15) is 13.3 Å². The standard InChI is InChI=1S/C14H21BrN4O/c1-2-11(9-16)14(20)19-7-5-18(6-8-19)13-4-3-12(15)10-17-13/h3-4,10-11H,2,5-9,16H2,1H3. The lowest BCUT2D eigenvalue weighted by molar-refractivity contribution is -0.135. The maximum absolute atomic E-state index is 12.3. The Labute approximate surface area is 128 Å². The van der Waals surface area contributed by atoms with Gasteiger partial charge in [-0.05, 0) is 34.5 Å². The smallest absolute Gasteiger partial charge is 0.227 e. The third kappa shape index (κ3) is 3.49. The molecule has 1 amide bonds. The largest absolute Gasteiger partial charge is 0.353 e. The first kappa shape index (κ1) is 15.3. The number of carbonyl (C=O) groups excluding carboxylic acids is 1. The van der Waals surface area contributed by atoms with Gasteiger partial charge in [-0.25, -0.2) is 4.98 Å². The molecule has 1 atom stereocenters. The summed E-state index contributed by atoms with van der Waals surface area (Å²) in [7, 11) is 0. The first-order valence-corrected chi connectivity index (χ1v) is 7.80. The molecule has 2 heterocycles.